The van der Waals surface area contributed by atoms with Crippen LogP contribution in [0.15, 0.2) is 48.1 Å². The van der Waals surface area contributed by atoms with Gasteiger partial charge in [-0.2, -0.15) is 0 Å². The van der Waals surface area contributed by atoms with Crippen LogP contribution in [0.1, 0.15) is 283 Å². The third-order valence-corrected chi connectivity index (χ3v) is 24.7. The van der Waals surface area contributed by atoms with Crippen LogP contribution in [0.5, 0.6) is 0 Å². The van der Waals surface area contributed by atoms with Crippen LogP contribution in [0.25, 0.3) is 0 Å². The van der Waals surface area contributed by atoms with Crippen molar-refractivity contribution in [2.45, 2.75) is 311 Å². The first kappa shape index (κ1) is 65.8. The zero-order valence-corrected chi connectivity index (χ0v) is 55.1. The van der Waals surface area contributed by atoms with Gasteiger partial charge in [0, 0.05) is 36.0 Å². The largest absolute Gasteiger partial charge is 0.454 e. The molecule has 12 rings (SSSR count). The van der Waals surface area contributed by atoms with Crippen molar-refractivity contribution in [3.05, 3.63) is 48.1 Å². The topological polar surface area (TPSA) is 125 Å². The molecule has 0 aromatic rings. The average molecular weight is 1150 g/mol. The fourth-order valence-electron chi connectivity index (χ4n) is 17.6. The summed E-state index contributed by atoms with van der Waals surface area (Å²) in [5.41, 5.74) is -0.800. The van der Waals surface area contributed by atoms with Crippen molar-refractivity contribution in [3.63, 3.8) is 0 Å². The molecule has 10 atom stereocenters. The van der Waals surface area contributed by atoms with E-state index in [9.17, 15) is 24.3 Å². The zero-order valence-electron chi connectivity index (χ0n) is 55.1. The molecule has 468 valence electrons. The number of hydrogen-bond acceptors (Lipinski definition) is 9. The van der Waals surface area contributed by atoms with E-state index >= 15 is 0 Å². The SMILES string of the molecule is C=CC1(OC(=O)C(C)(C)CC)CC2CCC1C2.CC/C=C/C1(OC(=O)C(C)(C)CC)CC2CCC1C2.CCC(C)(C)C(=O)OC1(C2=CCC(C)CC2)C2CC3CC(C2)CC1C3.CCC(C)(C)C(=O)OC1(C2=CCCCC2)CC2(O)CCC1C2. The minimum absolute atomic E-state index is 0.0247. The van der Waals surface area contributed by atoms with E-state index in [-0.39, 0.29) is 56.9 Å². The van der Waals surface area contributed by atoms with E-state index in [0.717, 1.165) is 119 Å². The predicted octanol–water partition coefficient (Wildman–Crippen LogP) is 18.2. The normalized spacial score (nSPS) is 38.2. The first-order chi connectivity index (χ1) is 39.0. The summed E-state index contributed by atoms with van der Waals surface area (Å²) in [7, 11) is 0. The fraction of sp³-hybridized carbons (Fsp3) is 0.838. The maximum absolute atomic E-state index is 13.2. The summed E-state index contributed by atoms with van der Waals surface area (Å²) in [5.74, 6) is 6.49. The Balaban J connectivity index is 0.000000146. The number of fused-ring (bicyclic) bond motifs is 6. The van der Waals surface area contributed by atoms with Gasteiger partial charge in [-0.25, -0.2) is 0 Å². The summed E-state index contributed by atoms with van der Waals surface area (Å²) in [6.45, 7) is 32.5. The average Bonchev–Trinajstić information content (AvgIpc) is 1.31. The fourth-order valence-corrected chi connectivity index (χ4v) is 17.6. The third-order valence-electron chi connectivity index (χ3n) is 24.7. The predicted molar refractivity (Wildman–Crippen MR) is 334 cm³/mol. The second kappa shape index (κ2) is 25.5. The van der Waals surface area contributed by atoms with Gasteiger partial charge in [0.15, 0.2) is 0 Å². The summed E-state index contributed by atoms with van der Waals surface area (Å²) >= 11 is 0. The number of carbonyl (C=O) groups excluding carboxylic acids is 4. The van der Waals surface area contributed by atoms with Gasteiger partial charge < -0.3 is 24.1 Å². The first-order valence-corrected chi connectivity index (χ1v) is 34.4. The molecule has 0 radical (unpaired) electrons. The van der Waals surface area contributed by atoms with Crippen molar-refractivity contribution < 1.29 is 43.2 Å². The quantitative estimate of drug-likeness (QED) is 0.0861. The first-order valence-electron chi connectivity index (χ1n) is 34.4. The number of rotatable bonds is 17. The van der Waals surface area contributed by atoms with Crippen LogP contribution in [-0.4, -0.2) is 57.0 Å². The number of esters is 4. The van der Waals surface area contributed by atoms with E-state index in [4.69, 9.17) is 18.9 Å². The van der Waals surface area contributed by atoms with Gasteiger partial charge in [-0.3, -0.25) is 19.2 Å². The molecular weight excluding hydrogens is 1030 g/mol. The molecular formula is C74H118O9. The highest BCUT2D eigenvalue weighted by atomic mass is 16.6. The minimum Gasteiger partial charge on any atom is -0.454 e. The lowest BCUT2D eigenvalue weighted by atomic mass is 9.47. The van der Waals surface area contributed by atoms with Crippen molar-refractivity contribution in [1.82, 2.24) is 0 Å². The molecule has 0 saturated heterocycles. The van der Waals surface area contributed by atoms with E-state index in [1.54, 1.807) is 0 Å². The summed E-state index contributed by atoms with van der Waals surface area (Å²) in [4.78, 5) is 50.6. The number of allylic oxidation sites excluding steroid dienone is 3. The van der Waals surface area contributed by atoms with E-state index in [2.05, 4.69) is 72.4 Å². The molecule has 0 heterocycles. The molecule has 10 saturated carbocycles. The van der Waals surface area contributed by atoms with Crippen LogP contribution in [0, 0.1) is 80.8 Å². The Morgan fingerprint density at radius 3 is 1.45 bits per heavy atom. The van der Waals surface area contributed by atoms with Crippen molar-refractivity contribution in [3.8, 4) is 0 Å². The summed E-state index contributed by atoms with van der Waals surface area (Å²) in [6, 6.07) is 0. The smallest absolute Gasteiger partial charge is 0.312 e. The van der Waals surface area contributed by atoms with Crippen LogP contribution in [-0.2, 0) is 38.1 Å². The van der Waals surface area contributed by atoms with Crippen molar-refractivity contribution in [2.24, 2.45) is 80.8 Å². The Morgan fingerprint density at radius 1 is 0.554 bits per heavy atom. The zero-order chi connectivity index (χ0) is 60.6. The highest BCUT2D eigenvalue weighted by Gasteiger charge is 2.64. The van der Waals surface area contributed by atoms with E-state index < -0.39 is 16.6 Å². The molecule has 12 aliphatic rings. The summed E-state index contributed by atoms with van der Waals surface area (Å²) in [5, 5.41) is 10.8. The molecule has 10 fully saturated rings. The number of aliphatic hydroxyl groups is 1. The van der Waals surface area contributed by atoms with Gasteiger partial charge in [0.2, 0.25) is 0 Å². The lowest BCUT2D eigenvalue weighted by Crippen LogP contribution is -2.61. The van der Waals surface area contributed by atoms with Crippen molar-refractivity contribution >= 4 is 23.9 Å². The Morgan fingerprint density at radius 2 is 1.05 bits per heavy atom. The van der Waals surface area contributed by atoms with Crippen LogP contribution in [0.4, 0.5) is 0 Å². The van der Waals surface area contributed by atoms with Crippen LogP contribution >= 0.6 is 0 Å². The molecule has 0 spiro atoms. The molecule has 0 aromatic carbocycles. The highest BCUT2D eigenvalue weighted by molar-refractivity contribution is 5.78. The van der Waals surface area contributed by atoms with Gasteiger partial charge >= 0.3 is 23.9 Å². The monoisotopic (exact) mass is 1150 g/mol. The second-order valence-electron chi connectivity index (χ2n) is 32.0. The molecule has 0 amide bonds. The van der Waals surface area contributed by atoms with Crippen LogP contribution < -0.4 is 0 Å². The lowest BCUT2D eigenvalue weighted by Gasteiger charge is -2.61. The molecule has 10 bridgehead atoms. The van der Waals surface area contributed by atoms with Crippen molar-refractivity contribution in [1.29, 1.82) is 0 Å². The van der Waals surface area contributed by atoms with E-state index in [1.807, 2.05) is 61.5 Å². The van der Waals surface area contributed by atoms with Crippen molar-refractivity contribution in [2.75, 3.05) is 0 Å². The maximum Gasteiger partial charge on any atom is 0.312 e. The van der Waals surface area contributed by atoms with Gasteiger partial charge in [-0.05, 0) is 288 Å². The summed E-state index contributed by atoms with van der Waals surface area (Å²) < 4.78 is 24.8. The van der Waals surface area contributed by atoms with Gasteiger partial charge in [-0.1, -0.05) is 66.3 Å². The number of ether oxygens (including phenoxy) is 4. The highest BCUT2D eigenvalue weighted by Crippen LogP contribution is 2.64. The molecule has 1 N–H and O–H groups in total. The van der Waals surface area contributed by atoms with Gasteiger partial charge in [0.1, 0.15) is 22.4 Å². The molecule has 12 aliphatic carbocycles. The molecule has 0 aromatic heterocycles. The molecule has 0 aliphatic heterocycles. The molecule has 83 heavy (non-hydrogen) atoms. The minimum atomic E-state index is -0.612. The molecule has 9 nitrogen and oxygen atoms in total. The third kappa shape index (κ3) is 13.5. The van der Waals surface area contributed by atoms with Gasteiger partial charge in [0.25, 0.3) is 0 Å². The Hall–Kier alpha value is -3.20. The van der Waals surface area contributed by atoms with Crippen LogP contribution in [0.2, 0.25) is 0 Å². The van der Waals surface area contributed by atoms with Gasteiger partial charge in [0.05, 0.1) is 27.3 Å². The number of hydrogen-bond donors (Lipinski definition) is 1. The summed E-state index contributed by atoms with van der Waals surface area (Å²) in [6.07, 6.45) is 42.7. The Bertz CT molecular complexity index is 2390. The lowest BCUT2D eigenvalue weighted by molar-refractivity contribution is -0.206. The maximum atomic E-state index is 13.2. The Labute approximate surface area is 504 Å². The van der Waals surface area contributed by atoms with Gasteiger partial charge in [-0.15, -0.1) is 0 Å². The number of carbonyl (C=O) groups is 4. The second-order valence-corrected chi connectivity index (χ2v) is 32.0. The standard InChI is InChI=1S/C23H36O2.C19H30O3.C17H28O2.C15H24O2/c1-5-22(3,4)21(24)25-23(18-8-6-15(2)7-9-18)19-11-16-10-17(13-19)14-20(23)12-16;1-4-17(2,3)16(20)22-19(14-8-6-5-7-9-14)13-18(21)11-10-15(19)12-18;1-5-7-10-17(12-13-8-9-14(17)11-13)19-15(18)16(3,4)6-2;1-5-14(3,4)13(16)17-15(6-2)10-11-7-8-12(15)9-11/h8,15-17,19-20H,5-7,9-14H2,1-4H3;8,15,21H,4-7,9-13H2,1-3H3;7,10,13-14H,5-6,8-9,11-12H2,1-4H3;6,11-12H,2,5,7-10H2,1,3-4H3/b;;10-7+;. The van der Waals surface area contributed by atoms with E-state index in [0.29, 0.717) is 36.0 Å². The van der Waals surface area contributed by atoms with Crippen LogP contribution in [0.3, 0.4) is 0 Å². The molecule has 10 unspecified atom stereocenters. The van der Waals surface area contributed by atoms with E-state index in [1.165, 1.54) is 101 Å². The Kier molecular flexibility index (Phi) is 20.2. The molecule has 9 heteroatoms.